The molecule has 0 amide bonds. The molecule has 1 aliphatic carbocycles. The van der Waals surface area contributed by atoms with E-state index in [1.807, 2.05) is 0 Å². The molecule has 2 nitrogen and oxygen atoms in total. The van der Waals surface area contributed by atoms with Gasteiger partial charge in [0.2, 0.25) is 0 Å². The molecule has 0 unspecified atom stereocenters. The Morgan fingerprint density at radius 3 is 2.19 bits per heavy atom. The smallest absolute Gasteiger partial charge is 0.387 e. The van der Waals surface area contributed by atoms with E-state index in [1.165, 1.54) is 0 Å². The molecule has 1 saturated carbocycles. The summed E-state index contributed by atoms with van der Waals surface area (Å²) < 4.78 is 28.9. The predicted octanol–water partition coefficient (Wildman–Crippen LogP) is 5.98. The van der Waals surface area contributed by atoms with Crippen LogP contribution in [0.2, 0.25) is 10.0 Å². The Morgan fingerprint density at radius 2 is 1.71 bits per heavy atom. The molecular formula is C15H19Cl2F2NO. The quantitative estimate of drug-likeness (QED) is 0.730. The van der Waals surface area contributed by atoms with Gasteiger partial charge in [0.1, 0.15) is 0 Å². The highest BCUT2D eigenvalue weighted by Gasteiger charge is 2.27. The van der Waals surface area contributed by atoms with Crippen molar-refractivity contribution in [2.24, 2.45) is 5.41 Å². The first-order valence-electron chi connectivity index (χ1n) is 6.97. The third kappa shape index (κ3) is 4.62. The fraction of sp³-hybridized carbons (Fsp3) is 0.600. The van der Waals surface area contributed by atoms with E-state index in [0.717, 1.165) is 31.4 Å². The van der Waals surface area contributed by atoms with Crippen molar-refractivity contribution in [2.75, 3.05) is 5.32 Å². The molecule has 6 heteroatoms. The van der Waals surface area contributed by atoms with Gasteiger partial charge in [0.15, 0.2) is 5.75 Å². The van der Waals surface area contributed by atoms with Gasteiger partial charge in [-0.25, -0.2) is 0 Å². The van der Waals surface area contributed by atoms with E-state index < -0.39 is 6.61 Å². The zero-order valence-electron chi connectivity index (χ0n) is 12.1. The molecule has 1 aliphatic rings. The lowest BCUT2D eigenvalue weighted by Crippen LogP contribution is -2.29. The third-order valence-electron chi connectivity index (χ3n) is 3.92. The molecule has 0 spiro atoms. The van der Waals surface area contributed by atoms with Crippen LogP contribution in [-0.4, -0.2) is 12.7 Å². The van der Waals surface area contributed by atoms with Gasteiger partial charge in [-0.2, -0.15) is 8.78 Å². The summed E-state index contributed by atoms with van der Waals surface area (Å²) in [6, 6.07) is 3.50. The molecule has 0 radical (unpaired) electrons. The van der Waals surface area contributed by atoms with Crippen LogP contribution in [0.25, 0.3) is 0 Å². The van der Waals surface area contributed by atoms with Crippen LogP contribution in [0.15, 0.2) is 12.1 Å². The molecule has 0 saturated heterocycles. The molecule has 1 fully saturated rings. The summed E-state index contributed by atoms with van der Waals surface area (Å²) in [7, 11) is 0. The molecule has 0 heterocycles. The normalized spacial score (nSPS) is 18.8. The maximum absolute atomic E-state index is 12.3. The molecule has 1 aromatic rings. The van der Waals surface area contributed by atoms with Crippen molar-refractivity contribution >= 4 is 28.9 Å². The summed E-state index contributed by atoms with van der Waals surface area (Å²) in [6.07, 6.45) is 4.44. The zero-order valence-corrected chi connectivity index (χ0v) is 13.6. The number of rotatable bonds is 4. The fourth-order valence-electron chi connectivity index (χ4n) is 2.62. The Kier molecular flexibility index (Phi) is 5.20. The number of hydrogen-bond donors (Lipinski definition) is 1. The van der Waals surface area contributed by atoms with Crippen molar-refractivity contribution in [1.82, 2.24) is 0 Å². The molecule has 0 atom stereocenters. The van der Waals surface area contributed by atoms with Crippen molar-refractivity contribution in [1.29, 1.82) is 0 Å². The predicted molar refractivity (Wildman–Crippen MR) is 82.8 cm³/mol. The first-order chi connectivity index (χ1) is 9.77. The van der Waals surface area contributed by atoms with Crippen LogP contribution in [0.5, 0.6) is 5.75 Å². The minimum absolute atomic E-state index is 0.0847. The Hall–Kier alpha value is -0.740. The van der Waals surface area contributed by atoms with Crippen molar-refractivity contribution < 1.29 is 13.5 Å². The lowest BCUT2D eigenvalue weighted by atomic mass is 9.75. The van der Waals surface area contributed by atoms with Gasteiger partial charge in [-0.15, -0.1) is 0 Å². The van der Waals surface area contributed by atoms with E-state index >= 15 is 0 Å². The van der Waals surface area contributed by atoms with Gasteiger partial charge in [-0.05, 0) is 43.2 Å². The molecule has 118 valence electrons. The van der Waals surface area contributed by atoms with Crippen LogP contribution in [0.3, 0.4) is 0 Å². The summed E-state index contributed by atoms with van der Waals surface area (Å²) in [5.74, 6) is -0.177. The maximum Gasteiger partial charge on any atom is 0.387 e. The summed E-state index contributed by atoms with van der Waals surface area (Å²) in [6.45, 7) is 1.60. The highest BCUT2D eigenvalue weighted by Crippen LogP contribution is 2.39. The van der Waals surface area contributed by atoms with Crippen LogP contribution >= 0.6 is 23.2 Å². The van der Waals surface area contributed by atoms with Gasteiger partial charge in [-0.3, -0.25) is 0 Å². The average Bonchev–Trinajstić information content (AvgIpc) is 2.36. The lowest BCUT2D eigenvalue weighted by Gasteiger charge is -2.35. The highest BCUT2D eigenvalue weighted by atomic mass is 35.5. The van der Waals surface area contributed by atoms with Gasteiger partial charge in [-0.1, -0.05) is 37.0 Å². The highest BCUT2D eigenvalue weighted by molar-refractivity contribution is 6.37. The minimum atomic E-state index is -2.95. The van der Waals surface area contributed by atoms with Crippen molar-refractivity contribution in [3.05, 3.63) is 22.2 Å². The van der Waals surface area contributed by atoms with E-state index in [2.05, 4.69) is 23.9 Å². The molecule has 1 aromatic carbocycles. The number of nitrogens with one attached hydrogen (secondary N) is 1. The molecule has 0 aromatic heterocycles. The number of benzene rings is 1. The molecule has 2 rings (SSSR count). The Balaban J connectivity index is 2.05. The van der Waals surface area contributed by atoms with Gasteiger partial charge >= 0.3 is 6.61 Å². The molecule has 1 N–H and O–H groups in total. The second-order valence-corrected chi connectivity index (χ2v) is 7.04. The summed E-state index contributed by atoms with van der Waals surface area (Å²) in [4.78, 5) is 0. The second-order valence-electron chi connectivity index (χ2n) is 6.23. The van der Waals surface area contributed by atoms with E-state index in [4.69, 9.17) is 23.2 Å². The number of ether oxygens (including phenoxy) is 1. The van der Waals surface area contributed by atoms with Gasteiger partial charge < -0.3 is 10.1 Å². The Bertz CT molecular complexity index is 475. The number of anilines is 1. The SMILES string of the molecule is CC1(C)CCC(Nc2cc(Cl)c(OC(F)F)c(Cl)c2)CC1. The number of alkyl halides is 2. The van der Waals surface area contributed by atoms with E-state index in [1.54, 1.807) is 12.1 Å². The first kappa shape index (κ1) is 16.6. The van der Waals surface area contributed by atoms with Gasteiger partial charge in [0, 0.05) is 11.7 Å². The number of hydrogen-bond acceptors (Lipinski definition) is 2. The van der Waals surface area contributed by atoms with Gasteiger partial charge in [0.05, 0.1) is 10.0 Å². The molecular weight excluding hydrogens is 319 g/mol. The Labute approximate surface area is 133 Å². The largest absolute Gasteiger partial charge is 0.432 e. The standard InChI is InChI=1S/C15H19Cl2F2NO/c1-15(2)5-3-9(4-6-15)20-10-7-11(16)13(12(17)8-10)21-14(18)19/h7-9,14,20H,3-6H2,1-2H3. The van der Waals surface area contributed by atoms with Crippen LogP contribution in [0, 0.1) is 5.41 Å². The molecule has 0 aliphatic heterocycles. The van der Waals surface area contributed by atoms with Crippen LogP contribution in [-0.2, 0) is 0 Å². The minimum Gasteiger partial charge on any atom is -0.432 e. The zero-order chi connectivity index (χ0) is 15.6. The van der Waals surface area contributed by atoms with Crippen molar-refractivity contribution in [3.63, 3.8) is 0 Å². The monoisotopic (exact) mass is 337 g/mol. The fourth-order valence-corrected chi connectivity index (χ4v) is 3.20. The lowest BCUT2D eigenvalue weighted by molar-refractivity contribution is -0.0497. The van der Waals surface area contributed by atoms with E-state index in [0.29, 0.717) is 11.5 Å². The maximum atomic E-state index is 12.3. The summed E-state index contributed by atoms with van der Waals surface area (Å²) >= 11 is 11.9. The second kappa shape index (κ2) is 6.57. The van der Waals surface area contributed by atoms with Gasteiger partial charge in [0.25, 0.3) is 0 Å². The van der Waals surface area contributed by atoms with Crippen molar-refractivity contribution in [3.8, 4) is 5.75 Å². The third-order valence-corrected chi connectivity index (χ3v) is 4.48. The Morgan fingerprint density at radius 1 is 1.19 bits per heavy atom. The van der Waals surface area contributed by atoms with Crippen LogP contribution in [0.1, 0.15) is 39.5 Å². The molecule has 21 heavy (non-hydrogen) atoms. The van der Waals surface area contributed by atoms with E-state index in [9.17, 15) is 8.78 Å². The number of halogens is 4. The van der Waals surface area contributed by atoms with Crippen LogP contribution in [0.4, 0.5) is 14.5 Å². The average molecular weight is 338 g/mol. The first-order valence-corrected chi connectivity index (χ1v) is 7.73. The van der Waals surface area contributed by atoms with E-state index in [-0.39, 0.29) is 15.8 Å². The molecule has 0 bridgehead atoms. The van der Waals surface area contributed by atoms with Crippen molar-refractivity contribution in [2.45, 2.75) is 52.2 Å². The topological polar surface area (TPSA) is 21.3 Å². The van der Waals surface area contributed by atoms with Crippen LogP contribution < -0.4 is 10.1 Å². The summed E-state index contributed by atoms with van der Waals surface area (Å²) in [5, 5.41) is 3.54. The summed E-state index contributed by atoms with van der Waals surface area (Å²) in [5.41, 5.74) is 1.12.